The van der Waals surface area contributed by atoms with Crippen LogP contribution in [0.1, 0.15) is 27.9 Å². The number of benzene rings is 5. The van der Waals surface area contributed by atoms with Gasteiger partial charge in [-0.3, -0.25) is 0 Å². The van der Waals surface area contributed by atoms with Gasteiger partial charge in [0.15, 0.2) is 0 Å². The fourth-order valence-electron chi connectivity index (χ4n) is 5.33. The molecule has 6 aromatic rings. The molecule has 4 heteroatoms. The van der Waals surface area contributed by atoms with E-state index < -0.39 is 5.54 Å². The molecule has 0 aliphatic carbocycles. The molecule has 0 radical (unpaired) electrons. The molecule has 1 aromatic heterocycles. The van der Waals surface area contributed by atoms with E-state index in [1.165, 1.54) is 0 Å². The SMILES string of the molecule is Nc1ccc(Oc2ccccc2)cc1Cc1cncn1C(c1ccccc1)(c1ccccc1)c1ccccc1. The van der Waals surface area contributed by atoms with Crippen LogP contribution >= 0.6 is 0 Å². The van der Waals surface area contributed by atoms with Gasteiger partial charge in [-0.2, -0.15) is 0 Å². The highest BCUT2D eigenvalue weighted by Crippen LogP contribution is 2.42. The molecule has 4 nitrogen and oxygen atoms in total. The Kier molecular flexibility index (Phi) is 6.67. The van der Waals surface area contributed by atoms with E-state index in [0.29, 0.717) is 12.1 Å². The smallest absolute Gasteiger partial charge is 0.127 e. The second kappa shape index (κ2) is 10.7. The third-order valence-corrected chi connectivity index (χ3v) is 7.12. The Bertz CT molecular complexity index is 1550. The van der Waals surface area contributed by atoms with Crippen LogP contribution in [0.5, 0.6) is 11.5 Å². The van der Waals surface area contributed by atoms with Gasteiger partial charge >= 0.3 is 0 Å². The highest BCUT2D eigenvalue weighted by molar-refractivity contribution is 5.54. The zero-order valence-corrected chi connectivity index (χ0v) is 21.5. The topological polar surface area (TPSA) is 53.1 Å². The van der Waals surface area contributed by atoms with Gasteiger partial charge < -0.3 is 15.0 Å². The summed E-state index contributed by atoms with van der Waals surface area (Å²) in [4.78, 5) is 4.67. The molecular formula is C35H29N3O. The third kappa shape index (κ3) is 4.69. The monoisotopic (exact) mass is 507 g/mol. The number of ether oxygens (including phenoxy) is 1. The van der Waals surface area contributed by atoms with Gasteiger partial charge in [-0.1, -0.05) is 109 Å². The van der Waals surface area contributed by atoms with Gasteiger partial charge in [-0.25, -0.2) is 4.98 Å². The predicted octanol–water partition coefficient (Wildman–Crippen LogP) is 7.69. The molecule has 0 saturated carbocycles. The van der Waals surface area contributed by atoms with E-state index in [4.69, 9.17) is 10.5 Å². The first-order valence-electron chi connectivity index (χ1n) is 13.0. The molecule has 0 atom stereocenters. The Morgan fingerprint density at radius 2 is 1.13 bits per heavy atom. The average Bonchev–Trinajstić information content (AvgIpc) is 3.46. The summed E-state index contributed by atoms with van der Waals surface area (Å²) in [6.45, 7) is 0. The molecule has 0 unspecified atom stereocenters. The molecule has 6 rings (SSSR count). The second-order valence-corrected chi connectivity index (χ2v) is 9.52. The van der Waals surface area contributed by atoms with Gasteiger partial charge in [0.2, 0.25) is 0 Å². The first kappa shape index (κ1) is 24.3. The van der Waals surface area contributed by atoms with Crippen molar-refractivity contribution in [1.29, 1.82) is 0 Å². The minimum absolute atomic E-state index is 0.589. The van der Waals surface area contributed by atoms with Crippen molar-refractivity contribution in [2.75, 3.05) is 5.73 Å². The fourth-order valence-corrected chi connectivity index (χ4v) is 5.33. The largest absolute Gasteiger partial charge is 0.457 e. The summed E-state index contributed by atoms with van der Waals surface area (Å²) < 4.78 is 8.41. The van der Waals surface area contributed by atoms with Crippen molar-refractivity contribution in [3.63, 3.8) is 0 Å². The van der Waals surface area contributed by atoms with Gasteiger partial charge in [0.05, 0.1) is 6.33 Å². The molecule has 0 saturated heterocycles. The minimum atomic E-state index is -0.636. The van der Waals surface area contributed by atoms with Gasteiger partial charge in [-0.15, -0.1) is 0 Å². The summed E-state index contributed by atoms with van der Waals surface area (Å²) in [5.41, 5.74) is 12.0. The van der Waals surface area contributed by atoms with Crippen LogP contribution in [0.4, 0.5) is 5.69 Å². The van der Waals surface area contributed by atoms with E-state index in [2.05, 4.69) is 101 Å². The highest BCUT2D eigenvalue weighted by Gasteiger charge is 2.39. The Morgan fingerprint density at radius 1 is 0.615 bits per heavy atom. The average molecular weight is 508 g/mol. The van der Waals surface area contributed by atoms with Gasteiger partial charge in [0.1, 0.15) is 17.0 Å². The van der Waals surface area contributed by atoms with E-state index in [1.54, 1.807) is 0 Å². The van der Waals surface area contributed by atoms with E-state index in [-0.39, 0.29) is 0 Å². The number of imidazole rings is 1. The van der Waals surface area contributed by atoms with Crippen molar-refractivity contribution in [1.82, 2.24) is 9.55 Å². The van der Waals surface area contributed by atoms with Gasteiger partial charge in [-0.05, 0) is 52.6 Å². The Labute approximate surface area is 229 Å². The van der Waals surface area contributed by atoms with Gasteiger partial charge in [0, 0.05) is 24.0 Å². The summed E-state index contributed by atoms with van der Waals surface area (Å²) in [7, 11) is 0. The summed E-state index contributed by atoms with van der Waals surface area (Å²) in [5.74, 6) is 1.53. The molecule has 0 fully saturated rings. The van der Waals surface area contributed by atoms with Crippen molar-refractivity contribution in [3.05, 3.63) is 180 Å². The van der Waals surface area contributed by atoms with E-state index in [1.807, 2.05) is 61.1 Å². The minimum Gasteiger partial charge on any atom is -0.457 e. The number of hydrogen-bond donors (Lipinski definition) is 1. The number of para-hydroxylation sites is 1. The maximum atomic E-state index is 6.51. The summed E-state index contributed by atoms with van der Waals surface area (Å²) in [6.07, 6.45) is 4.46. The number of aromatic nitrogens is 2. The predicted molar refractivity (Wildman–Crippen MR) is 157 cm³/mol. The molecule has 39 heavy (non-hydrogen) atoms. The maximum absolute atomic E-state index is 6.51. The van der Waals surface area contributed by atoms with E-state index in [9.17, 15) is 0 Å². The summed E-state index contributed by atoms with van der Waals surface area (Å²) >= 11 is 0. The van der Waals surface area contributed by atoms with Crippen LogP contribution in [0.15, 0.2) is 152 Å². The van der Waals surface area contributed by atoms with Crippen LogP contribution in [0.25, 0.3) is 0 Å². The molecule has 0 aliphatic rings. The van der Waals surface area contributed by atoms with Crippen LogP contribution in [0.2, 0.25) is 0 Å². The summed E-state index contributed by atoms with van der Waals surface area (Å²) in [6, 6.07) is 47.5. The number of nitrogens with zero attached hydrogens (tertiary/aromatic N) is 2. The zero-order chi connectivity index (χ0) is 26.5. The second-order valence-electron chi connectivity index (χ2n) is 9.52. The first-order valence-corrected chi connectivity index (χ1v) is 13.0. The molecule has 190 valence electrons. The van der Waals surface area contributed by atoms with Crippen molar-refractivity contribution >= 4 is 5.69 Å². The molecule has 5 aromatic carbocycles. The van der Waals surface area contributed by atoms with Gasteiger partial charge in [0.25, 0.3) is 0 Å². The number of rotatable bonds is 8. The van der Waals surface area contributed by atoms with Crippen LogP contribution < -0.4 is 10.5 Å². The standard InChI is InChI=1S/C35H29N3O/c36-34-22-21-33(39-32-19-11-4-12-20-32)24-27(34)23-31-25-37-26-38(31)35(28-13-5-1-6-14-28,29-15-7-2-8-16-29)30-17-9-3-10-18-30/h1-22,24-26H,23,36H2. The van der Waals surface area contributed by atoms with E-state index in [0.717, 1.165) is 39.4 Å². The Balaban J connectivity index is 1.50. The van der Waals surface area contributed by atoms with Crippen LogP contribution in [0, 0.1) is 0 Å². The molecular weight excluding hydrogens is 478 g/mol. The Hall–Kier alpha value is -5.09. The lowest BCUT2D eigenvalue weighted by atomic mass is 9.76. The molecule has 0 amide bonds. The lowest BCUT2D eigenvalue weighted by Gasteiger charge is -2.38. The molecule has 0 aliphatic heterocycles. The van der Waals surface area contributed by atoms with Crippen LogP contribution in [-0.2, 0) is 12.0 Å². The lowest BCUT2D eigenvalue weighted by molar-refractivity contribution is 0.481. The first-order chi connectivity index (χ1) is 19.2. The molecule has 1 heterocycles. The normalized spacial score (nSPS) is 11.3. The highest BCUT2D eigenvalue weighted by atomic mass is 16.5. The molecule has 0 bridgehead atoms. The maximum Gasteiger partial charge on any atom is 0.127 e. The van der Waals surface area contributed by atoms with Crippen molar-refractivity contribution in [3.8, 4) is 11.5 Å². The van der Waals surface area contributed by atoms with Crippen LogP contribution in [-0.4, -0.2) is 9.55 Å². The van der Waals surface area contributed by atoms with Crippen molar-refractivity contribution < 1.29 is 4.74 Å². The number of anilines is 1. The number of nitrogens with two attached hydrogens (primary N) is 1. The molecule has 2 N–H and O–H groups in total. The Morgan fingerprint density at radius 3 is 1.67 bits per heavy atom. The molecule has 0 spiro atoms. The number of nitrogen functional groups attached to an aromatic ring is 1. The summed E-state index contributed by atoms with van der Waals surface area (Å²) in [5, 5.41) is 0. The zero-order valence-electron chi connectivity index (χ0n) is 21.5. The van der Waals surface area contributed by atoms with Crippen molar-refractivity contribution in [2.24, 2.45) is 0 Å². The third-order valence-electron chi connectivity index (χ3n) is 7.12. The van der Waals surface area contributed by atoms with Crippen molar-refractivity contribution in [2.45, 2.75) is 12.0 Å². The lowest BCUT2D eigenvalue weighted by Crippen LogP contribution is -2.38. The number of hydrogen-bond acceptors (Lipinski definition) is 3. The quantitative estimate of drug-likeness (QED) is 0.170. The fraction of sp³-hybridized carbons (Fsp3) is 0.0571. The van der Waals surface area contributed by atoms with E-state index >= 15 is 0 Å². The van der Waals surface area contributed by atoms with Crippen LogP contribution in [0.3, 0.4) is 0 Å².